The number of carbonyl (C=O) groups excluding carboxylic acids is 1. The summed E-state index contributed by atoms with van der Waals surface area (Å²) >= 11 is 2.55. The van der Waals surface area contributed by atoms with E-state index in [9.17, 15) is 23.1 Å². The van der Waals surface area contributed by atoms with Gasteiger partial charge in [0, 0.05) is 45.3 Å². The maximum atomic E-state index is 13.6. The molecule has 2 aliphatic heterocycles. The van der Waals surface area contributed by atoms with Crippen LogP contribution in [0.4, 0.5) is 15.7 Å². The van der Waals surface area contributed by atoms with Gasteiger partial charge in [-0.15, -0.1) is 11.3 Å². The highest BCUT2D eigenvalue weighted by Gasteiger charge is 2.51. The molecule has 0 aromatic carbocycles. The molecule has 234 valence electrons. The van der Waals surface area contributed by atoms with E-state index in [2.05, 4.69) is 42.8 Å². The number of thiophene rings is 1. The summed E-state index contributed by atoms with van der Waals surface area (Å²) in [5.74, 6) is -0.0886. The summed E-state index contributed by atoms with van der Waals surface area (Å²) in [6, 6.07) is -0.389. The van der Waals surface area contributed by atoms with E-state index >= 15 is 0 Å². The van der Waals surface area contributed by atoms with Crippen LogP contribution in [0.25, 0.3) is 10.2 Å². The SMILES string of the molecule is Cc1nc(NC(=O)C2CN(C(=O)O)C2C(C)(C)C)sc1S(=O)(=O)N1CCN(C[C@H](C)Nc2ncnc3c(C)csc23)CC1. The number of carboxylic acid groups (broad SMARTS) is 1. The first-order valence-electron chi connectivity index (χ1n) is 14.1. The number of carbonyl (C=O) groups is 2. The Hall–Kier alpha value is -2.92. The second-order valence-corrected chi connectivity index (χ2v) is 16.3. The number of likely N-dealkylation sites (tertiary alicyclic amines) is 1. The number of nitrogens with one attached hydrogen (secondary N) is 2. The van der Waals surface area contributed by atoms with E-state index in [0.29, 0.717) is 31.9 Å². The largest absolute Gasteiger partial charge is 0.465 e. The maximum Gasteiger partial charge on any atom is 0.407 e. The zero-order valence-electron chi connectivity index (χ0n) is 25.1. The van der Waals surface area contributed by atoms with Gasteiger partial charge in [0.25, 0.3) is 10.0 Å². The number of aromatic nitrogens is 3. The number of rotatable bonds is 8. The Labute approximate surface area is 259 Å². The molecule has 0 spiro atoms. The van der Waals surface area contributed by atoms with Crippen molar-refractivity contribution in [2.75, 3.05) is 49.9 Å². The van der Waals surface area contributed by atoms with Crippen molar-refractivity contribution in [2.45, 2.75) is 57.8 Å². The van der Waals surface area contributed by atoms with Crippen LogP contribution >= 0.6 is 22.7 Å². The molecule has 5 heterocycles. The lowest BCUT2D eigenvalue weighted by Crippen LogP contribution is -2.66. The molecule has 0 saturated carbocycles. The van der Waals surface area contributed by atoms with Gasteiger partial charge in [-0.05, 0) is 37.1 Å². The number of hydrogen-bond donors (Lipinski definition) is 3. The molecule has 3 aromatic heterocycles. The quantitative estimate of drug-likeness (QED) is 0.329. The third kappa shape index (κ3) is 6.34. The molecule has 16 heteroatoms. The highest BCUT2D eigenvalue weighted by molar-refractivity contribution is 7.91. The Balaban J connectivity index is 1.17. The molecule has 43 heavy (non-hydrogen) atoms. The minimum atomic E-state index is -3.80. The highest BCUT2D eigenvalue weighted by Crippen LogP contribution is 2.39. The van der Waals surface area contributed by atoms with Crippen molar-refractivity contribution in [3.8, 4) is 0 Å². The molecule has 2 amide bonds. The third-order valence-electron chi connectivity index (χ3n) is 7.92. The zero-order valence-corrected chi connectivity index (χ0v) is 27.6. The van der Waals surface area contributed by atoms with Crippen LogP contribution < -0.4 is 10.6 Å². The zero-order chi connectivity index (χ0) is 31.3. The van der Waals surface area contributed by atoms with E-state index in [1.165, 1.54) is 9.21 Å². The van der Waals surface area contributed by atoms with Gasteiger partial charge >= 0.3 is 6.09 Å². The van der Waals surface area contributed by atoms with Gasteiger partial charge < -0.3 is 20.6 Å². The van der Waals surface area contributed by atoms with E-state index in [0.717, 1.165) is 39.5 Å². The Morgan fingerprint density at radius 2 is 1.86 bits per heavy atom. The van der Waals surface area contributed by atoms with Crippen molar-refractivity contribution in [2.24, 2.45) is 11.3 Å². The average Bonchev–Trinajstić information content (AvgIpc) is 3.45. The van der Waals surface area contributed by atoms with Crippen LogP contribution in [0.3, 0.4) is 0 Å². The van der Waals surface area contributed by atoms with Crippen molar-refractivity contribution in [3.05, 3.63) is 23.0 Å². The molecule has 13 nitrogen and oxygen atoms in total. The molecule has 3 aromatic rings. The van der Waals surface area contributed by atoms with E-state index in [1.807, 2.05) is 27.7 Å². The van der Waals surface area contributed by atoms with Crippen molar-refractivity contribution in [1.82, 2.24) is 29.1 Å². The molecular weight excluding hydrogens is 613 g/mol. The summed E-state index contributed by atoms with van der Waals surface area (Å²) in [5.41, 5.74) is 1.97. The second kappa shape index (κ2) is 11.9. The molecule has 2 saturated heterocycles. The molecule has 0 aliphatic carbocycles. The molecule has 0 radical (unpaired) electrons. The molecule has 5 rings (SSSR count). The minimum Gasteiger partial charge on any atom is -0.465 e. The van der Waals surface area contributed by atoms with Crippen molar-refractivity contribution >= 4 is 65.9 Å². The van der Waals surface area contributed by atoms with E-state index in [1.54, 1.807) is 24.6 Å². The number of thiazole rings is 1. The fourth-order valence-electron chi connectivity index (χ4n) is 5.88. The van der Waals surface area contributed by atoms with Gasteiger partial charge in [-0.2, -0.15) is 4.31 Å². The molecule has 2 fully saturated rings. The van der Waals surface area contributed by atoms with Crippen molar-refractivity contribution < 1.29 is 23.1 Å². The van der Waals surface area contributed by atoms with Crippen LogP contribution in [-0.2, 0) is 14.8 Å². The number of aryl methyl sites for hydroxylation is 2. The summed E-state index contributed by atoms with van der Waals surface area (Å²) in [5, 5.41) is 18.0. The van der Waals surface area contributed by atoms with Crippen LogP contribution in [0.15, 0.2) is 15.9 Å². The van der Waals surface area contributed by atoms with Gasteiger partial charge in [-0.3, -0.25) is 9.69 Å². The number of amides is 2. The average molecular weight is 651 g/mol. The van der Waals surface area contributed by atoms with Gasteiger partial charge in [-0.25, -0.2) is 28.2 Å². The van der Waals surface area contributed by atoms with Crippen molar-refractivity contribution in [3.63, 3.8) is 0 Å². The first kappa shape index (κ1) is 31.5. The molecule has 0 bridgehead atoms. The fourth-order valence-corrected chi connectivity index (χ4v) is 9.81. The second-order valence-electron chi connectivity index (χ2n) is 12.3. The fraction of sp³-hybridized carbons (Fsp3) is 0.593. The van der Waals surface area contributed by atoms with Gasteiger partial charge in [0.2, 0.25) is 5.91 Å². The van der Waals surface area contributed by atoms with Gasteiger partial charge in [0.1, 0.15) is 12.1 Å². The Morgan fingerprint density at radius 1 is 1.16 bits per heavy atom. The normalized spacial score (nSPS) is 21.0. The van der Waals surface area contributed by atoms with Gasteiger partial charge in [-0.1, -0.05) is 32.1 Å². The maximum absolute atomic E-state index is 13.6. The van der Waals surface area contributed by atoms with E-state index in [4.69, 9.17) is 0 Å². The molecule has 2 aliphatic rings. The summed E-state index contributed by atoms with van der Waals surface area (Å²) < 4.78 is 29.8. The number of fused-ring (bicyclic) bond motifs is 1. The Kier molecular flexibility index (Phi) is 8.70. The standard InChI is InChI=1S/C27H38N8O5S3/c1-15-13-41-20-19(15)28-14-29-22(20)30-16(2)11-33-7-9-34(10-8-33)43(39,40)24-17(3)31-25(42-24)32-23(36)18-12-35(26(37)38)21(18)27(4,5)6/h13-14,16,18,21H,7-12H2,1-6H3,(H,37,38)(H,28,29,30)(H,31,32,36)/t16-,18?,21?/m0/s1. The smallest absolute Gasteiger partial charge is 0.407 e. The minimum absolute atomic E-state index is 0.0914. The van der Waals surface area contributed by atoms with Crippen LogP contribution in [0.2, 0.25) is 0 Å². The van der Waals surface area contributed by atoms with E-state index in [-0.39, 0.29) is 27.8 Å². The lowest BCUT2D eigenvalue weighted by Gasteiger charge is -2.51. The lowest BCUT2D eigenvalue weighted by molar-refractivity contribution is -0.132. The van der Waals surface area contributed by atoms with Gasteiger partial charge in [0.15, 0.2) is 9.34 Å². The summed E-state index contributed by atoms with van der Waals surface area (Å²) in [7, 11) is -3.80. The van der Waals surface area contributed by atoms with Crippen LogP contribution in [0.5, 0.6) is 0 Å². The van der Waals surface area contributed by atoms with Crippen LogP contribution in [0, 0.1) is 25.2 Å². The molecule has 3 atom stereocenters. The number of sulfonamides is 1. The first-order chi connectivity index (χ1) is 20.2. The monoisotopic (exact) mass is 650 g/mol. The number of nitrogens with zero attached hydrogens (tertiary/aromatic N) is 6. The van der Waals surface area contributed by atoms with Crippen LogP contribution in [0.1, 0.15) is 39.0 Å². The predicted molar refractivity (Wildman–Crippen MR) is 167 cm³/mol. The van der Waals surface area contributed by atoms with Crippen molar-refractivity contribution in [1.29, 1.82) is 0 Å². The first-order valence-corrected chi connectivity index (χ1v) is 17.3. The Bertz CT molecular complexity index is 1620. The number of anilines is 2. The van der Waals surface area contributed by atoms with E-state index < -0.39 is 33.5 Å². The lowest BCUT2D eigenvalue weighted by atomic mass is 9.72. The molecule has 3 N–H and O–H groups in total. The molecule has 2 unspecified atom stereocenters. The van der Waals surface area contributed by atoms with Gasteiger partial charge in [0.05, 0.1) is 27.9 Å². The topological polar surface area (TPSA) is 161 Å². The summed E-state index contributed by atoms with van der Waals surface area (Å²) in [6.45, 7) is 14.1. The number of hydrogen-bond acceptors (Lipinski definition) is 11. The summed E-state index contributed by atoms with van der Waals surface area (Å²) in [6.07, 6.45) is 0.510. The summed E-state index contributed by atoms with van der Waals surface area (Å²) in [4.78, 5) is 41.3. The predicted octanol–water partition coefficient (Wildman–Crippen LogP) is 3.53. The molecular formula is C27H38N8O5S3. The highest BCUT2D eigenvalue weighted by atomic mass is 32.2. The van der Waals surface area contributed by atoms with Crippen LogP contribution in [-0.4, -0.2) is 106 Å². The third-order valence-corrected chi connectivity index (χ3v) is 12.6. The Morgan fingerprint density at radius 3 is 2.51 bits per heavy atom. The number of piperazine rings is 1.